The van der Waals surface area contributed by atoms with Crippen molar-refractivity contribution in [3.63, 3.8) is 0 Å². The molecule has 1 atom stereocenters. The fourth-order valence-electron chi connectivity index (χ4n) is 0.931. The Bertz CT molecular complexity index is 294. The summed E-state index contributed by atoms with van der Waals surface area (Å²) in [4.78, 5) is 0. The number of hydrogen-bond donors (Lipinski definition) is 1. The van der Waals surface area contributed by atoms with E-state index < -0.39 is 10.8 Å². The van der Waals surface area contributed by atoms with Gasteiger partial charge in [-0.3, -0.25) is 4.21 Å². The van der Waals surface area contributed by atoms with Crippen molar-refractivity contribution in [1.29, 1.82) is 0 Å². The number of hydrogen-bond acceptors (Lipinski definition) is 2. The highest BCUT2D eigenvalue weighted by atomic mass is 79.9. The Morgan fingerprint density at radius 1 is 1.58 bits per heavy atom. The highest BCUT2D eigenvalue weighted by Gasteiger charge is 2.04. The van der Waals surface area contributed by atoms with E-state index in [1.54, 1.807) is 6.26 Å². The third kappa shape index (κ3) is 2.32. The molecule has 0 aliphatic heterocycles. The van der Waals surface area contributed by atoms with Crippen molar-refractivity contribution in [3.8, 4) is 0 Å². The Hall–Kier alpha value is -0.350. The van der Waals surface area contributed by atoms with E-state index in [2.05, 4.69) is 15.9 Å². The van der Waals surface area contributed by atoms with Gasteiger partial charge in [-0.1, -0.05) is 22.0 Å². The molecule has 0 saturated heterocycles. The van der Waals surface area contributed by atoms with Crippen LogP contribution in [0.5, 0.6) is 0 Å². The Labute approximate surface area is 82.7 Å². The summed E-state index contributed by atoms with van der Waals surface area (Å²) in [5.74, 6) is 0.507. The van der Waals surface area contributed by atoms with Gasteiger partial charge in [-0.25, -0.2) is 0 Å². The maximum Gasteiger partial charge on any atom is 0.0514 e. The molecule has 12 heavy (non-hydrogen) atoms. The summed E-state index contributed by atoms with van der Waals surface area (Å²) in [6.45, 7) is 0. The molecule has 0 fully saturated rings. The van der Waals surface area contributed by atoms with Crippen molar-refractivity contribution in [1.82, 2.24) is 0 Å². The first kappa shape index (κ1) is 9.74. The monoisotopic (exact) mass is 247 g/mol. The predicted molar refractivity (Wildman–Crippen MR) is 56.3 cm³/mol. The summed E-state index contributed by atoms with van der Waals surface area (Å²) in [7, 11) is -0.847. The number of rotatable bonds is 2. The van der Waals surface area contributed by atoms with Gasteiger partial charge in [-0.15, -0.1) is 0 Å². The van der Waals surface area contributed by atoms with Gasteiger partial charge in [0.1, 0.15) is 0 Å². The van der Waals surface area contributed by atoms with Gasteiger partial charge in [0.05, 0.1) is 5.75 Å². The lowest BCUT2D eigenvalue weighted by Crippen LogP contribution is -1.99. The molecule has 2 nitrogen and oxygen atoms in total. The molecule has 4 heteroatoms. The van der Waals surface area contributed by atoms with Crippen LogP contribution in [0.15, 0.2) is 22.7 Å². The molecule has 2 N–H and O–H groups in total. The summed E-state index contributed by atoms with van der Waals surface area (Å²) < 4.78 is 11.9. The van der Waals surface area contributed by atoms with Crippen LogP contribution in [0, 0.1) is 0 Å². The molecule has 0 aliphatic rings. The minimum Gasteiger partial charge on any atom is -0.398 e. The van der Waals surface area contributed by atoms with E-state index in [1.807, 2.05) is 18.2 Å². The molecule has 0 amide bonds. The standard InChI is InChI=1S/C8H10BrNOS/c1-12(11)5-6-7(9)3-2-4-8(6)10/h2-4H,5,10H2,1H3. The first-order valence-electron chi connectivity index (χ1n) is 3.44. The third-order valence-electron chi connectivity index (χ3n) is 1.50. The van der Waals surface area contributed by atoms with Crippen molar-refractivity contribution in [3.05, 3.63) is 28.2 Å². The van der Waals surface area contributed by atoms with E-state index in [-0.39, 0.29) is 0 Å². The second-order valence-corrected chi connectivity index (χ2v) is 4.81. The van der Waals surface area contributed by atoms with Crippen LogP contribution in [-0.4, -0.2) is 10.5 Å². The van der Waals surface area contributed by atoms with Crippen LogP contribution in [-0.2, 0) is 16.6 Å². The van der Waals surface area contributed by atoms with Crippen LogP contribution >= 0.6 is 15.9 Å². The highest BCUT2D eigenvalue weighted by Crippen LogP contribution is 2.23. The molecule has 1 unspecified atom stereocenters. The molecular formula is C8H10BrNOS. The summed E-state index contributed by atoms with van der Waals surface area (Å²) in [6.07, 6.45) is 1.67. The van der Waals surface area contributed by atoms with E-state index in [1.165, 1.54) is 0 Å². The van der Waals surface area contributed by atoms with Crippen LogP contribution in [0.2, 0.25) is 0 Å². The highest BCUT2D eigenvalue weighted by molar-refractivity contribution is 9.10. The first-order valence-corrected chi connectivity index (χ1v) is 5.96. The smallest absolute Gasteiger partial charge is 0.0514 e. The summed E-state index contributed by atoms with van der Waals surface area (Å²) >= 11 is 3.36. The van der Waals surface area contributed by atoms with Gasteiger partial charge < -0.3 is 5.73 Å². The average molecular weight is 248 g/mol. The Morgan fingerprint density at radius 3 is 2.75 bits per heavy atom. The Morgan fingerprint density at radius 2 is 2.25 bits per heavy atom. The third-order valence-corrected chi connectivity index (χ3v) is 2.94. The van der Waals surface area contributed by atoms with Crippen molar-refractivity contribution >= 4 is 32.4 Å². The van der Waals surface area contributed by atoms with Gasteiger partial charge in [0, 0.05) is 32.8 Å². The van der Waals surface area contributed by atoms with Crippen LogP contribution in [0.4, 0.5) is 5.69 Å². The minimum atomic E-state index is -0.847. The van der Waals surface area contributed by atoms with Gasteiger partial charge in [-0.2, -0.15) is 0 Å². The molecule has 1 aromatic carbocycles. The molecule has 1 rings (SSSR count). The number of halogens is 1. The van der Waals surface area contributed by atoms with Gasteiger partial charge in [-0.05, 0) is 12.1 Å². The lowest BCUT2D eigenvalue weighted by atomic mass is 10.2. The average Bonchev–Trinajstić information content (AvgIpc) is 1.97. The largest absolute Gasteiger partial charge is 0.398 e. The zero-order valence-electron chi connectivity index (χ0n) is 6.71. The van der Waals surface area contributed by atoms with Crippen molar-refractivity contribution < 1.29 is 4.21 Å². The number of nitrogens with two attached hydrogens (primary N) is 1. The van der Waals surface area contributed by atoms with Gasteiger partial charge >= 0.3 is 0 Å². The molecule has 1 aromatic rings. The lowest BCUT2D eigenvalue weighted by molar-refractivity contribution is 0.686. The van der Waals surface area contributed by atoms with Gasteiger partial charge in [0.15, 0.2) is 0 Å². The zero-order valence-corrected chi connectivity index (χ0v) is 9.11. The van der Waals surface area contributed by atoms with E-state index in [0.29, 0.717) is 11.4 Å². The van der Waals surface area contributed by atoms with E-state index in [0.717, 1.165) is 10.0 Å². The summed E-state index contributed by atoms with van der Waals surface area (Å²) in [5, 5.41) is 0. The van der Waals surface area contributed by atoms with Crippen molar-refractivity contribution in [2.75, 3.05) is 12.0 Å². The maximum absolute atomic E-state index is 11.0. The quantitative estimate of drug-likeness (QED) is 0.812. The second-order valence-electron chi connectivity index (χ2n) is 2.53. The van der Waals surface area contributed by atoms with Crippen molar-refractivity contribution in [2.24, 2.45) is 0 Å². The number of nitrogen functional groups attached to an aromatic ring is 1. The fourth-order valence-corrected chi connectivity index (χ4v) is 2.37. The molecule has 0 aromatic heterocycles. The molecule has 0 spiro atoms. The lowest BCUT2D eigenvalue weighted by Gasteiger charge is -2.05. The molecular weight excluding hydrogens is 238 g/mol. The molecule has 0 saturated carbocycles. The van der Waals surface area contributed by atoms with E-state index in [9.17, 15) is 4.21 Å². The van der Waals surface area contributed by atoms with Crippen LogP contribution < -0.4 is 5.73 Å². The normalized spacial score (nSPS) is 12.8. The molecule has 0 radical (unpaired) electrons. The molecule has 0 bridgehead atoms. The second kappa shape index (κ2) is 4.05. The van der Waals surface area contributed by atoms with E-state index >= 15 is 0 Å². The fraction of sp³-hybridized carbons (Fsp3) is 0.250. The maximum atomic E-state index is 11.0. The van der Waals surface area contributed by atoms with Crippen LogP contribution in [0.1, 0.15) is 5.56 Å². The molecule has 0 aliphatic carbocycles. The van der Waals surface area contributed by atoms with Crippen LogP contribution in [0.25, 0.3) is 0 Å². The number of benzene rings is 1. The predicted octanol–water partition coefficient (Wildman–Crippen LogP) is 1.91. The number of anilines is 1. The Balaban J connectivity index is 3.04. The van der Waals surface area contributed by atoms with E-state index in [4.69, 9.17) is 5.73 Å². The first-order chi connectivity index (χ1) is 5.61. The topological polar surface area (TPSA) is 43.1 Å². The summed E-state index contributed by atoms with van der Waals surface area (Å²) in [6, 6.07) is 5.58. The molecule has 66 valence electrons. The van der Waals surface area contributed by atoms with Gasteiger partial charge in [0.25, 0.3) is 0 Å². The van der Waals surface area contributed by atoms with Crippen molar-refractivity contribution in [2.45, 2.75) is 5.75 Å². The summed E-state index contributed by atoms with van der Waals surface area (Å²) in [5.41, 5.74) is 7.33. The van der Waals surface area contributed by atoms with Crippen LogP contribution in [0.3, 0.4) is 0 Å². The zero-order chi connectivity index (χ0) is 9.14. The SMILES string of the molecule is CS(=O)Cc1c(N)cccc1Br. The van der Waals surface area contributed by atoms with Gasteiger partial charge in [0.2, 0.25) is 0 Å². The minimum absolute atomic E-state index is 0.507. The Kier molecular flexibility index (Phi) is 3.29. The molecule has 0 heterocycles.